The van der Waals surface area contributed by atoms with E-state index in [1.807, 2.05) is 27.7 Å². The molecule has 0 rings (SSSR count). The van der Waals surface area contributed by atoms with Crippen LogP contribution in [-0.2, 0) is 26.2 Å². The molecule has 0 aromatic heterocycles. The van der Waals surface area contributed by atoms with E-state index >= 15 is 0 Å². The monoisotopic (exact) mass is 356 g/mol. The van der Waals surface area contributed by atoms with E-state index in [1.165, 1.54) is 7.11 Å². The molecule has 0 aliphatic heterocycles. The third kappa shape index (κ3) is 8.70. The zero-order valence-electron chi connectivity index (χ0n) is 15.2. The second-order valence-electron chi connectivity index (χ2n) is 6.00. The molecule has 7 nitrogen and oxygen atoms in total. The van der Waals surface area contributed by atoms with Gasteiger partial charge in [0, 0.05) is 31.5 Å². The minimum atomic E-state index is -3.98. The zero-order chi connectivity index (χ0) is 17.6. The summed E-state index contributed by atoms with van der Waals surface area (Å²) in [6, 6.07) is 0. The summed E-state index contributed by atoms with van der Waals surface area (Å²) in [6.45, 7) is 14.5. The molecule has 22 heavy (non-hydrogen) atoms. The highest BCUT2D eigenvalue weighted by atomic mass is 28.5. The predicted molar refractivity (Wildman–Crippen MR) is 86.7 cm³/mol. The molecule has 0 fully saturated rings. The number of hydrogen-bond acceptors (Lipinski definition) is 7. The molecular weight excluding hydrogens is 324 g/mol. The lowest BCUT2D eigenvalue weighted by atomic mass is 10.5. The summed E-state index contributed by atoms with van der Waals surface area (Å²) >= 11 is 0. The van der Waals surface area contributed by atoms with Gasteiger partial charge in [-0.3, -0.25) is 0 Å². The molecule has 9 heteroatoms. The maximum atomic E-state index is 10.7. The van der Waals surface area contributed by atoms with Crippen LogP contribution in [0, 0.1) is 0 Å². The zero-order valence-corrected chi connectivity index (χ0v) is 17.2. The van der Waals surface area contributed by atoms with Crippen LogP contribution in [0.3, 0.4) is 0 Å². The van der Waals surface area contributed by atoms with Gasteiger partial charge in [0.2, 0.25) is 0 Å². The van der Waals surface area contributed by atoms with Gasteiger partial charge in [0.05, 0.1) is 0 Å². The Balaban J connectivity index is 5.40. The lowest BCUT2D eigenvalue weighted by Crippen LogP contribution is -2.62. The van der Waals surface area contributed by atoms with E-state index in [-0.39, 0.29) is 24.4 Å². The van der Waals surface area contributed by atoms with Gasteiger partial charge < -0.3 is 31.0 Å². The quantitative estimate of drug-likeness (QED) is 0.569. The minimum absolute atomic E-state index is 0.207. The molecule has 0 amide bonds. The van der Waals surface area contributed by atoms with Crippen molar-refractivity contribution in [2.45, 2.75) is 79.8 Å². The molecular formula is C13H32O7Si2. The van der Waals surface area contributed by atoms with E-state index in [0.29, 0.717) is 0 Å². The molecule has 0 unspecified atom stereocenters. The lowest BCUT2D eigenvalue weighted by Gasteiger charge is -2.35. The lowest BCUT2D eigenvalue weighted by molar-refractivity contribution is -0.0789. The molecule has 0 heterocycles. The number of rotatable bonds is 11. The maximum Gasteiger partial charge on any atom is 0.674 e. The van der Waals surface area contributed by atoms with Crippen molar-refractivity contribution in [3.8, 4) is 0 Å². The topological polar surface area (TPSA) is 75.6 Å². The Labute approximate surface area is 136 Å². The summed E-state index contributed by atoms with van der Waals surface area (Å²) in [7, 11) is -6.15. The Morgan fingerprint density at radius 3 is 1.18 bits per heavy atom. The van der Waals surface area contributed by atoms with E-state index in [9.17, 15) is 4.80 Å². The summed E-state index contributed by atoms with van der Waals surface area (Å²) in [5.41, 5.74) is 0. The Kier molecular flexibility index (Phi) is 9.52. The molecule has 0 radical (unpaired) electrons. The molecule has 0 aliphatic carbocycles. The van der Waals surface area contributed by atoms with Crippen LogP contribution in [0.1, 0.15) is 55.4 Å². The van der Waals surface area contributed by atoms with Crippen molar-refractivity contribution >= 4 is 18.1 Å². The first-order valence-corrected chi connectivity index (χ1v) is 10.9. The van der Waals surface area contributed by atoms with Gasteiger partial charge in [-0.1, -0.05) is 0 Å². The fourth-order valence-electron chi connectivity index (χ4n) is 1.62. The van der Waals surface area contributed by atoms with Crippen molar-refractivity contribution < 1.29 is 31.0 Å². The molecule has 0 aromatic carbocycles. The highest BCUT2D eigenvalue weighted by Crippen LogP contribution is 2.23. The Morgan fingerprint density at radius 1 is 0.636 bits per heavy atom. The Hall–Kier alpha value is 0.154. The molecule has 0 aliphatic rings. The SMILES string of the molecule is CO[Si](OC(C)C)(OC(C)C)O[Si](O)(OC(C)C)OC(C)C. The van der Waals surface area contributed by atoms with Crippen LogP contribution in [0.25, 0.3) is 0 Å². The third-order valence-electron chi connectivity index (χ3n) is 2.03. The second-order valence-corrected chi connectivity index (χ2v) is 10.2. The standard InChI is InChI=1S/C13H32O7Si2/c1-10(2)16-21(14,17-11(3)4)20-22(15-9,18-12(5)6)19-13(7)8/h10-14H,1-9H3. The van der Waals surface area contributed by atoms with Crippen LogP contribution in [0.15, 0.2) is 0 Å². The Morgan fingerprint density at radius 2 is 0.955 bits per heavy atom. The summed E-state index contributed by atoms with van der Waals surface area (Å²) in [5.74, 6) is 0. The summed E-state index contributed by atoms with van der Waals surface area (Å²) in [6.07, 6.45) is -0.974. The van der Waals surface area contributed by atoms with Crippen molar-refractivity contribution in [2.75, 3.05) is 7.11 Å². The van der Waals surface area contributed by atoms with Gasteiger partial charge in [-0.2, -0.15) is 0 Å². The van der Waals surface area contributed by atoms with Gasteiger partial charge in [-0.25, -0.2) is 0 Å². The van der Waals surface area contributed by atoms with Crippen molar-refractivity contribution in [1.82, 2.24) is 0 Å². The predicted octanol–water partition coefficient (Wildman–Crippen LogP) is 2.21. The molecule has 0 aromatic rings. The van der Waals surface area contributed by atoms with Crippen LogP contribution in [0.4, 0.5) is 0 Å². The fourth-order valence-corrected chi connectivity index (χ4v) is 6.64. The first kappa shape index (κ1) is 22.2. The Bertz CT molecular complexity index is 291. The van der Waals surface area contributed by atoms with Crippen molar-refractivity contribution in [1.29, 1.82) is 0 Å². The average Bonchev–Trinajstić information content (AvgIpc) is 2.23. The average molecular weight is 357 g/mol. The van der Waals surface area contributed by atoms with E-state index in [0.717, 1.165) is 0 Å². The fraction of sp³-hybridized carbons (Fsp3) is 1.00. The van der Waals surface area contributed by atoms with Gasteiger partial charge in [0.1, 0.15) is 0 Å². The van der Waals surface area contributed by atoms with Gasteiger partial charge >= 0.3 is 18.1 Å². The molecule has 134 valence electrons. The van der Waals surface area contributed by atoms with Crippen LogP contribution in [0.2, 0.25) is 0 Å². The van der Waals surface area contributed by atoms with Crippen LogP contribution < -0.4 is 0 Å². The highest BCUT2D eigenvalue weighted by Gasteiger charge is 2.59. The summed E-state index contributed by atoms with van der Waals surface area (Å²) in [4.78, 5) is 10.7. The largest absolute Gasteiger partial charge is 0.674 e. The summed E-state index contributed by atoms with van der Waals surface area (Å²) < 4.78 is 33.7. The molecule has 0 bridgehead atoms. The molecule has 0 atom stereocenters. The molecule has 0 saturated heterocycles. The normalized spacial score (nSPS) is 13.9. The van der Waals surface area contributed by atoms with Gasteiger partial charge in [-0.05, 0) is 55.4 Å². The van der Waals surface area contributed by atoms with Crippen molar-refractivity contribution in [2.24, 2.45) is 0 Å². The van der Waals surface area contributed by atoms with Crippen LogP contribution in [0.5, 0.6) is 0 Å². The maximum absolute atomic E-state index is 10.7. The first-order chi connectivity index (χ1) is 9.93. The van der Waals surface area contributed by atoms with Crippen molar-refractivity contribution in [3.05, 3.63) is 0 Å². The van der Waals surface area contributed by atoms with Gasteiger partial charge in [0.25, 0.3) is 0 Å². The molecule has 0 saturated carbocycles. The third-order valence-corrected chi connectivity index (χ3v) is 7.62. The van der Waals surface area contributed by atoms with E-state index < -0.39 is 18.1 Å². The summed E-state index contributed by atoms with van der Waals surface area (Å²) in [5, 5.41) is 0. The van der Waals surface area contributed by atoms with Gasteiger partial charge in [-0.15, -0.1) is 0 Å². The van der Waals surface area contributed by atoms with E-state index in [4.69, 9.17) is 26.2 Å². The highest BCUT2D eigenvalue weighted by molar-refractivity contribution is 6.67. The van der Waals surface area contributed by atoms with E-state index in [1.54, 1.807) is 27.7 Å². The minimum Gasteiger partial charge on any atom is -0.368 e. The molecule has 1 N–H and O–H groups in total. The first-order valence-electron chi connectivity index (χ1n) is 7.62. The van der Waals surface area contributed by atoms with Crippen LogP contribution >= 0.6 is 0 Å². The second kappa shape index (κ2) is 9.45. The number of hydrogen-bond donors (Lipinski definition) is 1. The molecule has 0 spiro atoms. The smallest absolute Gasteiger partial charge is 0.368 e. The van der Waals surface area contributed by atoms with E-state index in [2.05, 4.69) is 0 Å². The van der Waals surface area contributed by atoms with Crippen LogP contribution in [-0.4, -0.2) is 54.4 Å². The van der Waals surface area contributed by atoms with Crippen molar-refractivity contribution in [3.63, 3.8) is 0 Å². The van der Waals surface area contributed by atoms with Gasteiger partial charge in [0.15, 0.2) is 0 Å².